The molecule has 1 aromatic rings. The van der Waals surface area contributed by atoms with Crippen molar-refractivity contribution in [2.45, 2.75) is 44.7 Å². The van der Waals surface area contributed by atoms with E-state index >= 15 is 0 Å². The smallest absolute Gasteiger partial charge is 0.0613 e. The van der Waals surface area contributed by atoms with Crippen molar-refractivity contribution in [3.8, 4) is 0 Å². The van der Waals surface area contributed by atoms with Gasteiger partial charge in [-0.25, -0.2) is 0 Å². The van der Waals surface area contributed by atoms with Gasteiger partial charge in [-0.05, 0) is 50.5 Å². The van der Waals surface area contributed by atoms with Crippen molar-refractivity contribution in [2.24, 2.45) is 5.92 Å². The van der Waals surface area contributed by atoms with Crippen LogP contribution in [0.5, 0.6) is 0 Å². The molecule has 2 nitrogen and oxygen atoms in total. The van der Waals surface area contributed by atoms with E-state index in [1.165, 1.54) is 17.7 Å². The summed E-state index contributed by atoms with van der Waals surface area (Å²) in [6.45, 7) is 4.60. The third-order valence-electron chi connectivity index (χ3n) is 3.47. The van der Waals surface area contributed by atoms with E-state index in [1.54, 1.807) is 11.3 Å². The van der Waals surface area contributed by atoms with Crippen LogP contribution in [0.4, 0.5) is 0 Å². The highest BCUT2D eigenvalue weighted by Gasteiger charge is 2.41. The van der Waals surface area contributed by atoms with E-state index in [0.29, 0.717) is 12.0 Å². The number of aliphatic hydroxyl groups excluding tert-OH is 1. The van der Waals surface area contributed by atoms with Crippen LogP contribution in [-0.2, 0) is 6.42 Å². The quantitative estimate of drug-likeness (QED) is 0.799. The lowest BCUT2D eigenvalue weighted by Crippen LogP contribution is -2.52. The second-order valence-electron chi connectivity index (χ2n) is 5.18. The van der Waals surface area contributed by atoms with Crippen LogP contribution in [0.2, 0.25) is 0 Å². The molecule has 1 aliphatic carbocycles. The highest BCUT2D eigenvalue weighted by Crippen LogP contribution is 2.39. The summed E-state index contributed by atoms with van der Waals surface area (Å²) in [6.07, 6.45) is 3.57. The van der Waals surface area contributed by atoms with Gasteiger partial charge in [0, 0.05) is 16.5 Å². The van der Waals surface area contributed by atoms with Gasteiger partial charge in [-0.15, -0.1) is 11.3 Å². The highest BCUT2D eigenvalue weighted by atomic mass is 32.1. The molecule has 1 fully saturated rings. The maximum absolute atomic E-state index is 9.51. The summed E-state index contributed by atoms with van der Waals surface area (Å²) in [6, 6.07) is 4.70. The van der Waals surface area contributed by atoms with Gasteiger partial charge in [-0.1, -0.05) is 6.07 Å². The minimum Gasteiger partial charge on any atom is -0.394 e. The maximum atomic E-state index is 9.51. The number of hydrogen-bond donors (Lipinski definition) is 2. The summed E-state index contributed by atoms with van der Waals surface area (Å²) < 4.78 is 0. The molecule has 0 aromatic carbocycles. The average Bonchev–Trinajstić information content (AvgIpc) is 3.00. The van der Waals surface area contributed by atoms with Crippen molar-refractivity contribution < 1.29 is 5.11 Å². The average molecular weight is 239 g/mol. The molecule has 0 amide bonds. The zero-order chi connectivity index (χ0) is 11.6. The zero-order valence-corrected chi connectivity index (χ0v) is 10.9. The van der Waals surface area contributed by atoms with Crippen LogP contribution >= 0.6 is 11.3 Å². The third-order valence-corrected chi connectivity index (χ3v) is 4.37. The Bertz CT molecular complexity index is 321. The normalized spacial score (nSPS) is 21.7. The molecule has 0 radical (unpaired) electrons. The lowest BCUT2D eigenvalue weighted by molar-refractivity contribution is 0.144. The molecule has 2 unspecified atom stereocenters. The summed E-state index contributed by atoms with van der Waals surface area (Å²) >= 11 is 1.81. The molecule has 1 heterocycles. The second-order valence-corrected chi connectivity index (χ2v) is 6.21. The van der Waals surface area contributed by atoms with Crippen LogP contribution in [-0.4, -0.2) is 23.3 Å². The van der Waals surface area contributed by atoms with Gasteiger partial charge in [0.25, 0.3) is 0 Å². The van der Waals surface area contributed by atoms with E-state index in [1.807, 2.05) is 0 Å². The molecule has 16 heavy (non-hydrogen) atoms. The molecule has 0 spiro atoms. The Morgan fingerprint density at radius 1 is 1.62 bits per heavy atom. The van der Waals surface area contributed by atoms with Gasteiger partial charge in [0.1, 0.15) is 0 Å². The van der Waals surface area contributed by atoms with E-state index in [-0.39, 0.29) is 12.1 Å². The molecule has 0 saturated heterocycles. The lowest BCUT2D eigenvalue weighted by atomic mass is 9.95. The summed E-state index contributed by atoms with van der Waals surface area (Å²) in [5.74, 6) is 0.670. The van der Waals surface area contributed by atoms with Gasteiger partial charge in [-0.3, -0.25) is 0 Å². The molecule has 0 aliphatic heterocycles. The van der Waals surface area contributed by atoms with Crippen molar-refractivity contribution in [2.75, 3.05) is 6.61 Å². The van der Waals surface area contributed by atoms with E-state index in [9.17, 15) is 5.11 Å². The van der Waals surface area contributed by atoms with Crippen LogP contribution in [0.25, 0.3) is 0 Å². The Kier molecular flexibility index (Phi) is 3.67. The minimum absolute atomic E-state index is 0.0727. The fourth-order valence-electron chi connectivity index (χ4n) is 2.36. The molecular weight excluding hydrogens is 218 g/mol. The number of rotatable bonds is 6. The highest BCUT2D eigenvalue weighted by molar-refractivity contribution is 7.09. The summed E-state index contributed by atoms with van der Waals surface area (Å²) in [7, 11) is 0. The van der Waals surface area contributed by atoms with Crippen molar-refractivity contribution >= 4 is 11.3 Å². The van der Waals surface area contributed by atoms with E-state index in [0.717, 1.165) is 6.42 Å². The summed E-state index contributed by atoms with van der Waals surface area (Å²) in [5.41, 5.74) is -0.0727. The first-order valence-electron chi connectivity index (χ1n) is 6.05. The maximum Gasteiger partial charge on any atom is 0.0613 e. The Labute approximate surface area is 102 Å². The second kappa shape index (κ2) is 4.86. The standard InChI is InChI=1S/C13H21NOS/c1-10(8-12-4-3-7-16-12)14-13(2,9-15)11-5-6-11/h3-4,7,10-11,14-15H,5-6,8-9H2,1-2H3. The van der Waals surface area contributed by atoms with Gasteiger partial charge in [0.05, 0.1) is 6.61 Å². The van der Waals surface area contributed by atoms with Gasteiger partial charge >= 0.3 is 0 Å². The Morgan fingerprint density at radius 2 is 2.38 bits per heavy atom. The predicted molar refractivity (Wildman–Crippen MR) is 68.8 cm³/mol. The number of aliphatic hydroxyl groups is 1. The molecule has 1 aliphatic rings. The monoisotopic (exact) mass is 239 g/mol. The summed E-state index contributed by atoms with van der Waals surface area (Å²) in [5, 5.41) is 15.2. The molecule has 0 bridgehead atoms. The molecule has 2 N–H and O–H groups in total. The van der Waals surface area contributed by atoms with Crippen LogP contribution in [0, 0.1) is 5.92 Å². The number of nitrogens with one attached hydrogen (secondary N) is 1. The van der Waals surface area contributed by atoms with Crippen LogP contribution in [0.3, 0.4) is 0 Å². The molecular formula is C13H21NOS. The molecule has 90 valence electrons. The number of thiophene rings is 1. The van der Waals surface area contributed by atoms with Crippen LogP contribution < -0.4 is 5.32 Å². The SMILES string of the molecule is CC(Cc1cccs1)NC(C)(CO)C1CC1. The van der Waals surface area contributed by atoms with Crippen LogP contribution in [0.15, 0.2) is 17.5 Å². The number of hydrogen-bond acceptors (Lipinski definition) is 3. The first-order valence-corrected chi connectivity index (χ1v) is 6.93. The topological polar surface area (TPSA) is 32.3 Å². The Morgan fingerprint density at radius 3 is 2.88 bits per heavy atom. The first-order chi connectivity index (χ1) is 7.64. The van der Waals surface area contributed by atoms with Gasteiger partial charge in [0.2, 0.25) is 0 Å². The summed E-state index contributed by atoms with van der Waals surface area (Å²) in [4.78, 5) is 1.41. The fourth-order valence-corrected chi connectivity index (χ4v) is 3.19. The molecule has 1 aromatic heterocycles. The van der Waals surface area contributed by atoms with E-state index in [2.05, 4.69) is 36.7 Å². The van der Waals surface area contributed by atoms with E-state index in [4.69, 9.17) is 0 Å². The third kappa shape index (κ3) is 2.84. The van der Waals surface area contributed by atoms with Gasteiger partial charge in [-0.2, -0.15) is 0 Å². The van der Waals surface area contributed by atoms with Gasteiger partial charge < -0.3 is 10.4 Å². The minimum atomic E-state index is -0.0727. The Balaban J connectivity index is 1.88. The van der Waals surface area contributed by atoms with Crippen LogP contribution in [0.1, 0.15) is 31.6 Å². The molecule has 3 heteroatoms. The molecule has 2 atom stereocenters. The van der Waals surface area contributed by atoms with Crippen molar-refractivity contribution in [1.29, 1.82) is 0 Å². The van der Waals surface area contributed by atoms with E-state index < -0.39 is 0 Å². The van der Waals surface area contributed by atoms with Gasteiger partial charge in [0.15, 0.2) is 0 Å². The van der Waals surface area contributed by atoms with Crippen molar-refractivity contribution in [3.63, 3.8) is 0 Å². The molecule has 2 rings (SSSR count). The van der Waals surface area contributed by atoms with Crippen molar-refractivity contribution in [1.82, 2.24) is 5.32 Å². The fraction of sp³-hybridized carbons (Fsp3) is 0.692. The first kappa shape index (κ1) is 12.1. The Hall–Kier alpha value is -0.380. The predicted octanol–water partition coefficient (Wildman–Crippen LogP) is 2.43. The molecule has 1 saturated carbocycles. The lowest BCUT2D eigenvalue weighted by Gasteiger charge is -2.32. The van der Waals surface area contributed by atoms with Crippen molar-refractivity contribution in [3.05, 3.63) is 22.4 Å². The largest absolute Gasteiger partial charge is 0.394 e. The zero-order valence-electron chi connectivity index (χ0n) is 10.1.